The van der Waals surface area contributed by atoms with Gasteiger partial charge in [0.05, 0.1) is 0 Å². The molecule has 3 N–H and O–H groups in total. The zero-order chi connectivity index (χ0) is 14.5. The molecule has 2 rings (SSSR count). The minimum absolute atomic E-state index is 0.303. The van der Waals surface area contributed by atoms with Gasteiger partial charge in [-0.1, -0.05) is 12.1 Å². The number of aromatic nitrogens is 2. The van der Waals surface area contributed by atoms with Gasteiger partial charge in [0.2, 0.25) is 0 Å². The third-order valence-corrected chi connectivity index (χ3v) is 2.53. The Morgan fingerprint density at radius 3 is 2.55 bits per heavy atom. The van der Waals surface area contributed by atoms with Gasteiger partial charge in [-0.05, 0) is 36.8 Å². The summed E-state index contributed by atoms with van der Waals surface area (Å²) in [4.78, 5) is 22.2. The number of benzene rings is 1. The molecule has 2 aromatic rings. The van der Waals surface area contributed by atoms with Gasteiger partial charge in [-0.3, -0.25) is 9.89 Å². The molecule has 1 aromatic carbocycles. The SMILES string of the molecule is Cc1cc(C(=O)Nc2ccc(/C=C\C(=O)O)cc2)n[nH]1. The first-order chi connectivity index (χ1) is 9.54. The number of nitrogens with one attached hydrogen (secondary N) is 2. The molecular formula is C14H13N3O3. The maximum absolute atomic E-state index is 11.8. The number of carboxylic acid groups (broad SMARTS) is 1. The molecule has 0 aliphatic heterocycles. The highest BCUT2D eigenvalue weighted by Crippen LogP contribution is 2.12. The highest BCUT2D eigenvalue weighted by atomic mass is 16.4. The number of aryl methyl sites for hydroxylation is 1. The van der Waals surface area contributed by atoms with Crippen molar-refractivity contribution in [3.8, 4) is 0 Å². The van der Waals surface area contributed by atoms with Gasteiger partial charge in [0.25, 0.3) is 5.91 Å². The lowest BCUT2D eigenvalue weighted by molar-refractivity contribution is -0.131. The number of carbonyl (C=O) groups is 2. The molecule has 0 saturated carbocycles. The standard InChI is InChI=1S/C14H13N3O3/c1-9-8-12(17-16-9)14(20)15-11-5-2-10(3-6-11)4-7-13(18)19/h2-8H,1H3,(H,15,20)(H,16,17)(H,18,19)/b7-4-. The van der Waals surface area contributed by atoms with Gasteiger partial charge in [-0.25, -0.2) is 4.79 Å². The van der Waals surface area contributed by atoms with E-state index in [0.717, 1.165) is 17.3 Å². The summed E-state index contributed by atoms with van der Waals surface area (Å²) in [6.45, 7) is 1.81. The number of amides is 1. The van der Waals surface area contributed by atoms with Crippen LogP contribution in [0, 0.1) is 6.92 Å². The van der Waals surface area contributed by atoms with Crippen molar-refractivity contribution in [1.82, 2.24) is 10.2 Å². The molecule has 0 saturated heterocycles. The molecule has 0 aliphatic carbocycles. The Morgan fingerprint density at radius 1 is 1.30 bits per heavy atom. The monoisotopic (exact) mass is 271 g/mol. The Bertz CT molecular complexity index is 657. The molecule has 0 bridgehead atoms. The van der Waals surface area contributed by atoms with Gasteiger partial charge in [0.15, 0.2) is 5.69 Å². The second-order valence-corrected chi connectivity index (χ2v) is 4.18. The molecule has 0 unspecified atom stereocenters. The van der Waals surface area contributed by atoms with E-state index < -0.39 is 5.97 Å². The minimum Gasteiger partial charge on any atom is -0.478 e. The van der Waals surface area contributed by atoms with Crippen molar-refractivity contribution in [2.75, 3.05) is 5.32 Å². The van der Waals surface area contributed by atoms with Crippen molar-refractivity contribution in [3.63, 3.8) is 0 Å². The fourth-order valence-corrected chi connectivity index (χ4v) is 1.57. The molecule has 6 nitrogen and oxygen atoms in total. The normalized spacial score (nSPS) is 10.7. The van der Waals surface area contributed by atoms with Crippen LogP contribution in [0.4, 0.5) is 5.69 Å². The smallest absolute Gasteiger partial charge is 0.328 e. The first kappa shape index (κ1) is 13.5. The molecule has 6 heteroatoms. The third kappa shape index (κ3) is 3.55. The summed E-state index contributed by atoms with van der Waals surface area (Å²) in [5, 5.41) is 17.8. The van der Waals surface area contributed by atoms with Crippen LogP contribution in [0.25, 0.3) is 6.08 Å². The molecular weight excluding hydrogens is 258 g/mol. The van der Waals surface area contributed by atoms with Gasteiger partial charge in [-0.15, -0.1) is 0 Å². The highest BCUT2D eigenvalue weighted by Gasteiger charge is 2.09. The quantitative estimate of drug-likeness (QED) is 0.742. The van der Waals surface area contributed by atoms with Crippen LogP contribution in [0.1, 0.15) is 21.7 Å². The van der Waals surface area contributed by atoms with E-state index in [1.165, 1.54) is 6.08 Å². The second-order valence-electron chi connectivity index (χ2n) is 4.18. The average Bonchev–Trinajstić information content (AvgIpc) is 2.85. The summed E-state index contributed by atoms with van der Waals surface area (Å²) in [5.74, 6) is -1.31. The van der Waals surface area contributed by atoms with Crippen LogP contribution in [-0.2, 0) is 4.79 Å². The molecule has 1 aromatic heterocycles. The topological polar surface area (TPSA) is 95.1 Å². The van der Waals surface area contributed by atoms with Crippen molar-refractivity contribution in [2.24, 2.45) is 0 Å². The Hall–Kier alpha value is -2.89. The van der Waals surface area contributed by atoms with E-state index in [0.29, 0.717) is 11.4 Å². The average molecular weight is 271 g/mol. The number of hydrogen-bond acceptors (Lipinski definition) is 3. The first-order valence-electron chi connectivity index (χ1n) is 5.89. The van der Waals surface area contributed by atoms with Crippen LogP contribution >= 0.6 is 0 Å². The van der Waals surface area contributed by atoms with Gasteiger partial charge >= 0.3 is 5.97 Å². The van der Waals surface area contributed by atoms with E-state index in [2.05, 4.69) is 15.5 Å². The van der Waals surface area contributed by atoms with Crippen LogP contribution in [0.3, 0.4) is 0 Å². The highest BCUT2D eigenvalue weighted by molar-refractivity contribution is 6.02. The van der Waals surface area contributed by atoms with Crippen molar-refractivity contribution >= 4 is 23.6 Å². The zero-order valence-electron chi connectivity index (χ0n) is 10.8. The van der Waals surface area contributed by atoms with Crippen LogP contribution < -0.4 is 5.32 Å². The number of carboxylic acids is 1. The number of aromatic amines is 1. The summed E-state index contributed by atoms with van der Waals surface area (Å²) < 4.78 is 0. The molecule has 20 heavy (non-hydrogen) atoms. The number of carbonyl (C=O) groups excluding carboxylic acids is 1. The first-order valence-corrected chi connectivity index (χ1v) is 5.89. The Morgan fingerprint density at radius 2 is 2.00 bits per heavy atom. The minimum atomic E-state index is -1.00. The van der Waals surface area contributed by atoms with Crippen molar-refractivity contribution in [3.05, 3.63) is 53.4 Å². The summed E-state index contributed by atoms with van der Waals surface area (Å²) in [5.41, 5.74) is 2.48. The van der Waals surface area contributed by atoms with E-state index >= 15 is 0 Å². The zero-order valence-corrected chi connectivity index (χ0v) is 10.8. The third-order valence-electron chi connectivity index (χ3n) is 2.53. The molecule has 1 heterocycles. The summed E-state index contributed by atoms with van der Waals surface area (Å²) >= 11 is 0. The Balaban J connectivity index is 2.03. The number of anilines is 1. The van der Waals surface area contributed by atoms with Crippen LogP contribution in [0.5, 0.6) is 0 Å². The summed E-state index contributed by atoms with van der Waals surface area (Å²) in [7, 11) is 0. The molecule has 0 radical (unpaired) electrons. The number of H-pyrrole nitrogens is 1. The van der Waals surface area contributed by atoms with Crippen molar-refractivity contribution in [1.29, 1.82) is 0 Å². The van der Waals surface area contributed by atoms with E-state index in [-0.39, 0.29) is 5.91 Å². The van der Waals surface area contributed by atoms with Gasteiger partial charge in [-0.2, -0.15) is 5.10 Å². The van der Waals surface area contributed by atoms with Crippen molar-refractivity contribution < 1.29 is 14.7 Å². The maximum Gasteiger partial charge on any atom is 0.328 e. The Kier molecular flexibility index (Phi) is 3.95. The molecule has 0 fully saturated rings. The van der Waals surface area contributed by atoms with Gasteiger partial charge in [0, 0.05) is 17.5 Å². The predicted molar refractivity (Wildman–Crippen MR) is 74.4 cm³/mol. The van der Waals surface area contributed by atoms with E-state index in [9.17, 15) is 9.59 Å². The van der Waals surface area contributed by atoms with Crippen LogP contribution in [0.2, 0.25) is 0 Å². The second kappa shape index (κ2) is 5.83. The van der Waals surface area contributed by atoms with E-state index in [1.807, 2.05) is 6.92 Å². The molecule has 0 aliphatic rings. The molecule has 0 spiro atoms. The van der Waals surface area contributed by atoms with Crippen LogP contribution in [0.15, 0.2) is 36.4 Å². The fraction of sp³-hybridized carbons (Fsp3) is 0.0714. The Labute approximate surface area is 115 Å². The molecule has 1 amide bonds. The molecule has 0 atom stereocenters. The van der Waals surface area contributed by atoms with Gasteiger partial charge < -0.3 is 10.4 Å². The van der Waals surface area contributed by atoms with Gasteiger partial charge in [0.1, 0.15) is 0 Å². The predicted octanol–water partition coefficient (Wildman–Crippen LogP) is 2.07. The summed E-state index contributed by atoms with van der Waals surface area (Å²) in [6, 6.07) is 8.47. The number of aliphatic carboxylic acids is 1. The van der Waals surface area contributed by atoms with E-state index in [1.54, 1.807) is 30.3 Å². The molecule has 102 valence electrons. The number of rotatable bonds is 4. The summed E-state index contributed by atoms with van der Waals surface area (Å²) in [6.07, 6.45) is 2.53. The lowest BCUT2D eigenvalue weighted by atomic mass is 10.2. The fourth-order valence-electron chi connectivity index (χ4n) is 1.57. The van der Waals surface area contributed by atoms with Crippen LogP contribution in [-0.4, -0.2) is 27.2 Å². The van der Waals surface area contributed by atoms with Crippen molar-refractivity contribution in [2.45, 2.75) is 6.92 Å². The lowest BCUT2D eigenvalue weighted by Gasteiger charge is -2.03. The largest absolute Gasteiger partial charge is 0.478 e. The number of nitrogens with zero attached hydrogens (tertiary/aromatic N) is 1. The number of hydrogen-bond donors (Lipinski definition) is 3. The maximum atomic E-state index is 11.8. The lowest BCUT2D eigenvalue weighted by Crippen LogP contribution is -2.12. The van der Waals surface area contributed by atoms with E-state index in [4.69, 9.17) is 5.11 Å².